The van der Waals surface area contributed by atoms with Gasteiger partial charge in [0.05, 0.1) is 0 Å². The van der Waals surface area contributed by atoms with Crippen LogP contribution in [0.5, 0.6) is 0 Å². The van der Waals surface area contributed by atoms with Crippen molar-refractivity contribution in [1.82, 2.24) is 0 Å². The van der Waals surface area contributed by atoms with Crippen molar-refractivity contribution in [3.8, 4) is 0 Å². The summed E-state index contributed by atoms with van der Waals surface area (Å²) in [4.78, 5) is 1.20. The molecule has 0 saturated carbocycles. The Kier molecular flexibility index (Phi) is 5.44. The van der Waals surface area contributed by atoms with Crippen molar-refractivity contribution in [2.45, 2.75) is 45.1 Å². The van der Waals surface area contributed by atoms with Crippen LogP contribution in [0.2, 0.25) is 0 Å². The van der Waals surface area contributed by atoms with E-state index in [4.69, 9.17) is 4.52 Å². The molecule has 0 aliphatic heterocycles. The third-order valence-electron chi connectivity index (χ3n) is 2.51. The summed E-state index contributed by atoms with van der Waals surface area (Å²) in [5, 5.41) is 2.05. The summed E-state index contributed by atoms with van der Waals surface area (Å²) in [6.07, 6.45) is 3.97. The Balaban J connectivity index is 2.95. The number of hydrogen-bond acceptors (Lipinski definition) is 3. The minimum atomic E-state index is -0.676. The fourth-order valence-corrected chi connectivity index (χ4v) is 3.42. The van der Waals surface area contributed by atoms with Crippen LogP contribution in [-0.4, -0.2) is 0 Å². The Morgan fingerprint density at radius 1 is 1.40 bits per heavy atom. The quantitative estimate of drug-likeness (QED) is 0.661. The van der Waals surface area contributed by atoms with Crippen LogP contribution >= 0.6 is 20.0 Å². The van der Waals surface area contributed by atoms with E-state index in [0.29, 0.717) is 0 Å². The fraction of sp³-hybridized carbons (Fsp3) is 0.636. The van der Waals surface area contributed by atoms with Crippen LogP contribution in [0.4, 0.5) is 0 Å². The fourth-order valence-electron chi connectivity index (χ4n) is 1.95. The first-order chi connectivity index (χ1) is 7.29. The largest absolute Gasteiger partial charge is 0.495 e. The highest BCUT2D eigenvalue weighted by Crippen LogP contribution is 2.40. The molecule has 1 rings (SSSR count). The van der Waals surface area contributed by atoms with Crippen LogP contribution < -0.4 is 0 Å². The molecule has 1 heterocycles. The molecule has 0 aliphatic carbocycles. The molecule has 0 radical (unpaired) electrons. The van der Waals surface area contributed by atoms with Crippen molar-refractivity contribution in [2.75, 3.05) is 0 Å². The van der Waals surface area contributed by atoms with E-state index in [1.165, 1.54) is 4.88 Å². The predicted molar refractivity (Wildman–Crippen MR) is 65.9 cm³/mol. The van der Waals surface area contributed by atoms with Crippen LogP contribution in [0.25, 0.3) is 0 Å². The second kappa shape index (κ2) is 6.37. The first-order valence-electron chi connectivity index (χ1n) is 5.38. The normalized spacial score (nSPS) is 12.1. The van der Waals surface area contributed by atoms with Gasteiger partial charge in [0, 0.05) is 4.88 Å². The lowest BCUT2D eigenvalue weighted by atomic mass is 9.91. The molecule has 2 nitrogen and oxygen atoms in total. The van der Waals surface area contributed by atoms with Crippen molar-refractivity contribution >= 4 is 20.0 Å². The van der Waals surface area contributed by atoms with Crippen LogP contribution in [0.15, 0.2) is 17.5 Å². The number of rotatable bonds is 7. The maximum atomic E-state index is 10.8. The molecule has 0 amide bonds. The highest BCUT2D eigenvalue weighted by atomic mass is 32.1. The maximum Gasteiger partial charge on any atom is 0.495 e. The van der Waals surface area contributed by atoms with Gasteiger partial charge in [-0.1, -0.05) is 32.8 Å². The van der Waals surface area contributed by atoms with Gasteiger partial charge in [-0.25, -0.2) is 0 Å². The standard InChI is InChI=1S/C11H18O2PS/c1-3-7-11(8-4-2,13-14-12)10-6-5-9-15-10/h5-6,9,14H,3-4,7-8H2,1-2H3/q+1. The van der Waals surface area contributed by atoms with Gasteiger partial charge in [-0.05, 0) is 28.9 Å². The van der Waals surface area contributed by atoms with E-state index in [0.717, 1.165) is 25.7 Å². The van der Waals surface area contributed by atoms with Gasteiger partial charge in [0.15, 0.2) is 5.60 Å². The molecule has 15 heavy (non-hydrogen) atoms. The summed E-state index contributed by atoms with van der Waals surface area (Å²) in [7, 11) is -0.676. The number of hydrogen-bond donors (Lipinski definition) is 0. The Hall–Kier alpha value is -0.240. The molecule has 0 aromatic carbocycles. The third kappa shape index (κ3) is 3.10. The Morgan fingerprint density at radius 2 is 2.07 bits per heavy atom. The van der Waals surface area contributed by atoms with Gasteiger partial charge < -0.3 is 0 Å². The van der Waals surface area contributed by atoms with Crippen LogP contribution in [-0.2, 0) is 14.7 Å². The average molecular weight is 245 g/mol. The van der Waals surface area contributed by atoms with E-state index in [9.17, 15) is 4.57 Å². The average Bonchev–Trinajstić information content (AvgIpc) is 2.72. The summed E-state index contributed by atoms with van der Waals surface area (Å²) in [5.41, 5.74) is -0.308. The molecule has 0 saturated heterocycles. The SMILES string of the molecule is CCCC(CCC)(O[PH+]=O)c1cccs1. The highest BCUT2D eigenvalue weighted by molar-refractivity contribution is 7.17. The van der Waals surface area contributed by atoms with E-state index < -0.39 is 8.69 Å². The zero-order chi connectivity index (χ0) is 11.1. The predicted octanol–water partition coefficient (Wildman–Crippen LogP) is 4.50. The molecule has 0 aliphatic rings. The Morgan fingerprint density at radius 3 is 2.47 bits per heavy atom. The Bertz CT molecular complexity index is 279. The third-order valence-corrected chi connectivity index (χ3v) is 4.04. The van der Waals surface area contributed by atoms with Gasteiger partial charge >= 0.3 is 8.69 Å². The van der Waals surface area contributed by atoms with Gasteiger partial charge in [0.25, 0.3) is 0 Å². The lowest BCUT2D eigenvalue weighted by Gasteiger charge is -2.25. The molecule has 0 spiro atoms. The molecule has 4 heteroatoms. The molecule has 0 N–H and O–H groups in total. The van der Waals surface area contributed by atoms with Crippen molar-refractivity contribution in [2.24, 2.45) is 0 Å². The molecule has 1 aromatic rings. The van der Waals surface area contributed by atoms with Crippen LogP contribution in [0, 0.1) is 0 Å². The molecule has 1 atom stereocenters. The zero-order valence-electron chi connectivity index (χ0n) is 9.29. The van der Waals surface area contributed by atoms with Crippen molar-refractivity contribution in [3.63, 3.8) is 0 Å². The molecule has 0 fully saturated rings. The zero-order valence-corrected chi connectivity index (χ0v) is 11.1. The van der Waals surface area contributed by atoms with Gasteiger partial charge in [0.1, 0.15) is 0 Å². The first kappa shape index (κ1) is 12.8. The van der Waals surface area contributed by atoms with Crippen LogP contribution in [0.3, 0.4) is 0 Å². The van der Waals surface area contributed by atoms with E-state index >= 15 is 0 Å². The summed E-state index contributed by atoms with van der Waals surface area (Å²) in [6.45, 7) is 4.27. The minimum absolute atomic E-state index is 0.308. The monoisotopic (exact) mass is 245 g/mol. The topological polar surface area (TPSA) is 26.3 Å². The smallest absolute Gasteiger partial charge is 0.146 e. The molecule has 1 unspecified atom stereocenters. The maximum absolute atomic E-state index is 10.8. The summed E-state index contributed by atoms with van der Waals surface area (Å²) in [6, 6.07) is 4.10. The van der Waals surface area contributed by atoms with Crippen molar-refractivity contribution in [3.05, 3.63) is 22.4 Å². The van der Waals surface area contributed by atoms with Gasteiger partial charge in [-0.3, -0.25) is 0 Å². The molecular weight excluding hydrogens is 227 g/mol. The van der Waals surface area contributed by atoms with Gasteiger partial charge in [0.2, 0.25) is 0 Å². The van der Waals surface area contributed by atoms with Gasteiger partial charge in [-0.2, -0.15) is 0 Å². The van der Waals surface area contributed by atoms with Crippen LogP contribution in [0.1, 0.15) is 44.4 Å². The second-order valence-corrected chi connectivity index (χ2v) is 4.98. The lowest BCUT2D eigenvalue weighted by Crippen LogP contribution is -2.25. The van der Waals surface area contributed by atoms with Gasteiger partial charge in [-0.15, -0.1) is 15.9 Å². The summed E-state index contributed by atoms with van der Waals surface area (Å²) < 4.78 is 16.3. The Labute approximate surface area is 96.9 Å². The lowest BCUT2D eigenvalue weighted by molar-refractivity contribution is 0.0641. The summed E-state index contributed by atoms with van der Waals surface area (Å²) in [5.74, 6) is 0. The van der Waals surface area contributed by atoms with E-state index in [2.05, 4.69) is 19.9 Å². The minimum Gasteiger partial charge on any atom is -0.146 e. The van der Waals surface area contributed by atoms with Crippen molar-refractivity contribution in [1.29, 1.82) is 0 Å². The van der Waals surface area contributed by atoms with E-state index in [1.807, 2.05) is 11.4 Å². The van der Waals surface area contributed by atoms with E-state index in [-0.39, 0.29) is 5.60 Å². The summed E-state index contributed by atoms with van der Waals surface area (Å²) >= 11 is 1.69. The molecule has 0 bridgehead atoms. The molecular formula is C11H18O2PS+. The van der Waals surface area contributed by atoms with Crippen molar-refractivity contribution < 1.29 is 9.09 Å². The first-order valence-corrected chi connectivity index (χ1v) is 7.08. The second-order valence-electron chi connectivity index (χ2n) is 3.66. The molecule has 1 aromatic heterocycles. The highest BCUT2D eigenvalue weighted by Gasteiger charge is 2.36. The van der Waals surface area contributed by atoms with E-state index in [1.54, 1.807) is 11.3 Å². The number of thiophene rings is 1. The molecule has 84 valence electrons.